The molecule has 5 heterocycles. The Labute approximate surface area is 241 Å². The Morgan fingerprint density at radius 2 is 1.98 bits per heavy atom. The van der Waals surface area contributed by atoms with Crippen LogP contribution in [0.4, 0.5) is 22.0 Å². The molecule has 1 aromatic carbocycles. The van der Waals surface area contributed by atoms with Gasteiger partial charge in [-0.05, 0) is 49.4 Å². The van der Waals surface area contributed by atoms with Crippen molar-refractivity contribution in [2.45, 2.75) is 25.7 Å². The second-order valence-corrected chi connectivity index (χ2v) is 10.7. The molecule has 0 spiro atoms. The zero-order valence-electron chi connectivity index (χ0n) is 23.2. The highest BCUT2D eigenvalue weighted by Crippen LogP contribution is 2.27. The summed E-state index contributed by atoms with van der Waals surface area (Å²) in [6.45, 7) is 5.99. The van der Waals surface area contributed by atoms with E-state index in [0.717, 1.165) is 58.7 Å². The van der Waals surface area contributed by atoms with Crippen LogP contribution in [0, 0.1) is 11.7 Å². The molecular formula is C28H34FN9O4. The third-order valence-electron chi connectivity index (χ3n) is 7.72. The first-order valence-corrected chi connectivity index (χ1v) is 14.2. The number of anilines is 3. The van der Waals surface area contributed by atoms with Gasteiger partial charge >= 0.3 is 5.97 Å². The van der Waals surface area contributed by atoms with Crippen molar-refractivity contribution in [1.29, 1.82) is 0 Å². The van der Waals surface area contributed by atoms with Gasteiger partial charge in [-0.2, -0.15) is 19.5 Å². The van der Waals surface area contributed by atoms with Gasteiger partial charge in [-0.3, -0.25) is 9.69 Å². The molecule has 0 bridgehead atoms. The number of aliphatic carboxylic acids is 1. The van der Waals surface area contributed by atoms with Crippen molar-refractivity contribution in [2.24, 2.45) is 5.92 Å². The van der Waals surface area contributed by atoms with E-state index in [2.05, 4.69) is 34.8 Å². The van der Waals surface area contributed by atoms with E-state index >= 15 is 0 Å². The largest absolute Gasteiger partial charge is 0.493 e. The first-order valence-electron chi connectivity index (χ1n) is 14.2. The Hall–Kier alpha value is -4.46. The number of aromatic nitrogens is 5. The molecule has 2 fully saturated rings. The molecule has 4 aromatic rings. The Kier molecular flexibility index (Phi) is 8.04. The van der Waals surface area contributed by atoms with Crippen molar-refractivity contribution < 1.29 is 23.4 Å². The lowest BCUT2D eigenvalue weighted by molar-refractivity contribution is -0.137. The van der Waals surface area contributed by atoms with Crippen molar-refractivity contribution in [2.75, 3.05) is 68.0 Å². The fraction of sp³-hybridized carbons (Fsp3) is 0.464. The average Bonchev–Trinajstić information content (AvgIpc) is 3.67. The summed E-state index contributed by atoms with van der Waals surface area (Å²) in [4.78, 5) is 31.0. The summed E-state index contributed by atoms with van der Waals surface area (Å²) in [5.41, 5.74) is 6.78. The first kappa shape index (κ1) is 27.7. The summed E-state index contributed by atoms with van der Waals surface area (Å²) >= 11 is 0. The highest BCUT2D eigenvalue weighted by Gasteiger charge is 2.27. The van der Waals surface area contributed by atoms with Gasteiger partial charge in [-0.1, -0.05) is 0 Å². The number of furan rings is 1. The number of hydrogen-bond acceptors (Lipinski definition) is 11. The normalized spacial score (nSPS) is 18.1. The molecule has 3 N–H and O–H groups in total. The van der Waals surface area contributed by atoms with E-state index in [0.29, 0.717) is 47.1 Å². The number of carboxylic acids is 1. The SMILES string of the molecule is Nc1nc(N2CCCC(CN3CCN(c4ccc(OCCCC(=O)O)cc4F)CC3)C2)nc2nc(-c3ccco3)nn12. The van der Waals surface area contributed by atoms with Crippen molar-refractivity contribution in [1.82, 2.24) is 29.5 Å². The maximum Gasteiger partial charge on any atom is 0.303 e. The van der Waals surface area contributed by atoms with E-state index in [9.17, 15) is 9.18 Å². The maximum atomic E-state index is 14.9. The summed E-state index contributed by atoms with van der Waals surface area (Å²) in [5, 5.41) is 13.1. The Balaban J connectivity index is 1.02. The number of piperidine rings is 1. The minimum Gasteiger partial charge on any atom is -0.493 e. The summed E-state index contributed by atoms with van der Waals surface area (Å²) < 4.78 is 27.2. The fourth-order valence-corrected chi connectivity index (χ4v) is 5.63. The lowest BCUT2D eigenvalue weighted by Gasteiger charge is -2.40. The number of piperazine rings is 1. The Morgan fingerprint density at radius 1 is 1.12 bits per heavy atom. The van der Waals surface area contributed by atoms with E-state index in [1.165, 1.54) is 10.6 Å². The molecule has 2 aliphatic heterocycles. The quantitative estimate of drug-likeness (QED) is 0.266. The van der Waals surface area contributed by atoms with Crippen LogP contribution >= 0.6 is 0 Å². The van der Waals surface area contributed by atoms with E-state index < -0.39 is 5.97 Å². The lowest BCUT2D eigenvalue weighted by atomic mass is 9.97. The molecule has 222 valence electrons. The van der Waals surface area contributed by atoms with Gasteiger partial charge in [0, 0.05) is 58.3 Å². The van der Waals surface area contributed by atoms with Gasteiger partial charge in [0.25, 0.3) is 5.78 Å². The highest BCUT2D eigenvalue weighted by atomic mass is 19.1. The molecule has 2 saturated heterocycles. The minimum absolute atomic E-state index is 0.0267. The third kappa shape index (κ3) is 6.22. The third-order valence-corrected chi connectivity index (χ3v) is 7.72. The molecular weight excluding hydrogens is 545 g/mol. The summed E-state index contributed by atoms with van der Waals surface area (Å²) in [6.07, 6.45) is 4.12. The van der Waals surface area contributed by atoms with E-state index in [-0.39, 0.29) is 24.8 Å². The zero-order valence-corrected chi connectivity index (χ0v) is 23.2. The van der Waals surface area contributed by atoms with Gasteiger partial charge in [0.05, 0.1) is 18.6 Å². The van der Waals surface area contributed by atoms with Gasteiger partial charge < -0.3 is 29.8 Å². The van der Waals surface area contributed by atoms with Gasteiger partial charge in [0.15, 0.2) is 5.76 Å². The predicted molar refractivity (Wildman–Crippen MR) is 153 cm³/mol. The number of rotatable bonds is 10. The number of hydrogen-bond donors (Lipinski definition) is 2. The molecule has 0 amide bonds. The van der Waals surface area contributed by atoms with Crippen LogP contribution in [0.2, 0.25) is 0 Å². The molecule has 6 rings (SSSR count). The molecule has 13 nitrogen and oxygen atoms in total. The first-order chi connectivity index (χ1) is 20.4. The number of benzene rings is 1. The predicted octanol–water partition coefficient (Wildman–Crippen LogP) is 2.78. The second kappa shape index (κ2) is 12.2. The van der Waals surface area contributed by atoms with Crippen LogP contribution in [-0.2, 0) is 4.79 Å². The lowest BCUT2D eigenvalue weighted by Crippen LogP contribution is -2.50. The Morgan fingerprint density at radius 3 is 2.74 bits per heavy atom. The Bertz CT molecular complexity index is 1520. The number of carbonyl (C=O) groups is 1. The number of halogens is 1. The highest BCUT2D eigenvalue weighted by molar-refractivity contribution is 5.66. The topological polar surface area (TPSA) is 151 Å². The van der Waals surface area contributed by atoms with Crippen molar-refractivity contribution in [3.05, 3.63) is 42.4 Å². The van der Waals surface area contributed by atoms with Crippen LogP contribution in [0.5, 0.6) is 5.75 Å². The number of fused-ring (bicyclic) bond motifs is 1. The number of carboxylic acid groups (broad SMARTS) is 1. The molecule has 2 aliphatic rings. The molecule has 14 heteroatoms. The number of nitrogen functional groups attached to an aromatic ring is 1. The smallest absolute Gasteiger partial charge is 0.303 e. The summed E-state index contributed by atoms with van der Waals surface area (Å²) in [5.74, 6) is 1.76. The molecule has 0 radical (unpaired) electrons. The van der Waals surface area contributed by atoms with Crippen LogP contribution < -0.4 is 20.3 Å². The fourth-order valence-electron chi connectivity index (χ4n) is 5.63. The van der Waals surface area contributed by atoms with Crippen LogP contribution in [0.3, 0.4) is 0 Å². The van der Waals surface area contributed by atoms with Crippen LogP contribution in [0.1, 0.15) is 25.7 Å². The van der Waals surface area contributed by atoms with Gasteiger partial charge in [0.2, 0.25) is 17.7 Å². The summed E-state index contributed by atoms with van der Waals surface area (Å²) in [7, 11) is 0. The second-order valence-electron chi connectivity index (χ2n) is 10.7. The summed E-state index contributed by atoms with van der Waals surface area (Å²) in [6, 6.07) is 8.42. The van der Waals surface area contributed by atoms with Gasteiger partial charge in [0.1, 0.15) is 11.6 Å². The number of ether oxygens (including phenoxy) is 1. The van der Waals surface area contributed by atoms with Gasteiger partial charge in [-0.25, -0.2) is 4.39 Å². The standard InChI is InChI=1S/C28H34FN9O4/c29-21-16-20(41-14-3-6-24(39)40)7-8-22(21)36-12-10-35(11-13-36)17-19-4-1-9-37(18-19)27-32-26(30)38-28(33-27)31-25(34-38)23-5-2-15-42-23/h2,5,7-8,15-16,19H,1,3-4,6,9-14,17-18H2,(H,39,40)(H2,30,31,32,33,34). The molecule has 42 heavy (non-hydrogen) atoms. The van der Waals surface area contributed by atoms with E-state index in [1.54, 1.807) is 30.5 Å². The van der Waals surface area contributed by atoms with Crippen molar-refractivity contribution in [3.63, 3.8) is 0 Å². The van der Waals surface area contributed by atoms with E-state index in [1.807, 2.05) is 0 Å². The van der Waals surface area contributed by atoms with Crippen LogP contribution in [-0.4, -0.2) is 93.0 Å². The van der Waals surface area contributed by atoms with Gasteiger partial charge in [-0.15, -0.1) is 5.10 Å². The monoisotopic (exact) mass is 579 g/mol. The van der Waals surface area contributed by atoms with Crippen molar-refractivity contribution >= 4 is 29.3 Å². The molecule has 1 atom stereocenters. The van der Waals surface area contributed by atoms with Crippen LogP contribution in [0.25, 0.3) is 17.4 Å². The number of nitrogens with two attached hydrogens (primary N) is 1. The minimum atomic E-state index is -0.870. The molecule has 0 saturated carbocycles. The van der Waals surface area contributed by atoms with E-state index in [4.69, 9.17) is 20.0 Å². The van der Waals surface area contributed by atoms with Crippen molar-refractivity contribution in [3.8, 4) is 17.3 Å². The van der Waals surface area contributed by atoms with Crippen LogP contribution in [0.15, 0.2) is 41.0 Å². The molecule has 3 aromatic heterocycles. The molecule has 0 aliphatic carbocycles. The maximum absolute atomic E-state index is 14.9. The average molecular weight is 580 g/mol. The number of nitrogens with zero attached hydrogens (tertiary/aromatic N) is 8. The molecule has 1 unspecified atom stereocenters. The zero-order chi connectivity index (χ0) is 29.1.